The van der Waals surface area contributed by atoms with Gasteiger partial charge in [0.2, 0.25) is 5.91 Å². The van der Waals surface area contributed by atoms with Gasteiger partial charge in [0.15, 0.2) is 0 Å². The van der Waals surface area contributed by atoms with Crippen LogP contribution < -0.4 is 10.9 Å². The van der Waals surface area contributed by atoms with Gasteiger partial charge in [0.1, 0.15) is 6.04 Å². The van der Waals surface area contributed by atoms with Crippen molar-refractivity contribution in [1.82, 2.24) is 14.8 Å². The minimum atomic E-state index is -0.747. The standard InChI is InChI=1S/C19H18N4O2/c1-13-6-3-4-8-16(13)21-19(25)14(2)23-18(24)10-9-17(22-23)15-7-5-11-20-12-15/h3-12,14H,1-2H3,(H,21,25). The number of nitrogens with zero attached hydrogens (tertiary/aromatic N) is 3. The Bertz CT molecular complexity index is 951. The van der Waals surface area contributed by atoms with Crippen LogP contribution in [0.3, 0.4) is 0 Å². The summed E-state index contributed by atoms with van der Waals surface area (Å²) in [4.78, 5) is 28.8. The van der Waals surface area contributed by atoms with Crippen LogP contribution in [-0.4, -0.2) is 20.7 Å². The quantitative estimate of drug-likeness (QED) is 0.796. The lowest BCUT2D eigenvalue weighted by Gasteiger charge is -2.16. The molecule has 3 rings (SSSR count). The van der Waals surface area contributed by atoms with E-state index < -0.39 is 6.04 Å². The van der Waals surface area contributed by atoms with Gasteiger partial charge in [0, 0.05) is 29.7 Å². The predicted octanol–water partition coefficient (Wildman–Crippen LogP) is 2.81. The highest BCUT2D eigenvalue weighted by atomic mass is 16.2. The Morgan fingerprint density at radius 1 is 1.12 bits per heavy atom. The Kier molecular flexibility index (Phi) is 4.70. The van der Waals surface area contributed by atoms with Gasteiger partial charge in [-0.3, -0.25) is 14.6 Å². The summed E-state index contributed by atoms with van der Waals surface area (Å²) < 4.78 is 1.19. The number of hydrogen-bond acceptors (Lipinski definition) is 4. The van der Waals surface area contributed by atoms with Crippen molar-refractivity contribution in [3.05, 3.63) is 76.8 Å². The van der Waals surface area contributed by atoms with E-state index in [1.807, 2.05) is 37.3 Å². The monoisotopic (exact) mass is 334 g/mol. The first kappa shape index (κ1) is 16.6. The largest absolute Gasteiger partial charge is 0.324 e. The molecule has 2 heterocycles. The molecule has 0 aliphatic heterocycles. The molecule has 0 spiro atoms. The molecule has 0 aliphatic rings. The molecule has 126 valence electrons. The Morgan fingerprint density at radius 3 is 2.64 bits per heavy atom. The van der Waals surface area contributed by atoms with Crippen LogP contribution in [0.5, 0.6) is 0 Å². The molecule has 0 aliphatic carbocycles. The van der Waals surface area contributed by atoms with Crippen molar-refractivity contribution < 1.29 is 4.79 Å². The van der Waals surface area contributed by atoms with Gasteiger partial charge < -0.3 is 5.32 Å². The topological polar surface area (TPSA) is 76.9 Å². The fourth-order valence-corrected chi connectivity index (χ4v) is 2.43. The molecule has 1 N–H and O–H groups in total. The van der Waals surface area contributed by atoms with Crippen LogP contribution in [0.2, 0.25) is 0 Å². The molecule has 0 radical (unpaired) electrons. The lowest BCUT2D eigenvalue weighted by molar-refractivity contribution is -0.119. The molecule has 1 aromatic carbocycles. The van der Waals surface area contributed by atoms with Crippen molar-refractivity contribution in [1.29, 1.82) is 0 Å². The first-order valence-corrected chi connectivity index (χ1v) is 7.93. The molecule has 25 heavy (non-hydrogen) atoms. The van der Waals surface area contributed by atoms with Crippen LogP contribution in [0.1, 0.15) is 18.5 Å². The third kappa shape index (κ3) is 3.63. The molecule has 0 saturated carbocycles. The summed E-state index contributed by atoms with van der Waals surface area (Å²) in [6, 6.07) is 13.4. The Labute approximate surface area is 145 Å². The summed E-state index contributed by atoms with van der Waals surface area (Å²) in [7, 11) is 0. The van der Waals surface area contributed by atoms with E-state index in [9.17, 15) is 9.59 Å². The predicted molar refractivity (Wildman–Crippen MR) is 96.2 cm³/mol. The number of aromatic nitrogens is 3. The minimum Gasteiger partial charge on any atom is -0.324 e. The second-order valence-corrected chi connectivity index (χ2v) is 5.72. The molecule has 0 bridgehead atoms. The number of aryl methyl sites for hydroxylation is 1. The zero-order valence-corrected chi connectivity index (χ0v) is 14.0. The SMILES string of the molecule is Cc1ccccc1NC(=O)C(C)n1nc(-c2cccnc2)ccc1=O. The molecule has 6 nitrogen and oxygen atoms in total. The van der Waals surface area contributed by atoms with Gasteiger partial charge in [-0.2, -0.15) is 5.10 Å². The number of hydrogen-bond donors (Lipinski definition) is 1. The molecule has 6 heteroatoms. The van der Waals surface area contributed by atoms with Crippen LogP contribution in [-0.2, 0) is 4.79 Å². The number of benzene rings is 1. The lowest BCUT2D eigenvalue weighted by Crippen LogP contribution is -2.33. The first-order chi connectivity index (χ1) is 12.1. The number of amides is 1. The average Bonchev–Trinajstić information content (AvgIpc) is 2.64. The molecule has 3 aromatic rings. The number of carbonyl (C=O) groups is 1. The molecule has 0 saturated heterocycles. The van der Waals surface area contributed by atoms with Gasteiger partial charge in [-0.15, -0.1) is 0 Å². The van der Waals surface area contributed by atoms with Gasteiger partial charge in [0.25, 0.3) is 5.56 Å². The van der Waals surface area contributed by atoms with Crippen molar-refractivity contribution in [2.45, 2.75) is 19.9 Å². The number of carbonyl (C=O) groups excluding carboxylic acids is 1. The van der Waals surface area contributed by atoms with Crippen molar-refractivity contribution >= 4 is 11.6 Å². The van der Waals surface area contributed by atoms with E-state index in [0.29, 0.717) is 5.69 Å². The van der Waals surface area contributed by atoms with Crippen molar-refractivity contribution in [2.24, 2.45) is 0 Å². The van der Waals surface area contributed by atoms with Gasteiger partial charge in [-0.05, 0) is 43.7 Å². The van der Waals surface area contributed by atoms with E-state index in [0.717, 1.165) is 16.8 Å². The summed E-state index contributed by atoms with van der Waals surface area (Å²) >= 11 is 0. The summed E-state index contributed by atoms with van der Waals surface area (Å²) in [5, 5.41) is 7.17. The second-order valence-electron chi connectivity index (χ2n) is 5.72. The van der Waals surface area contributed by atoms with Gasteiger partial charge in [-0.1, -0.05) is 18.2 Å². The molecule has 2 aromatic heterocycles. The van der Waals surface area contributed by atoms with E-state index in [4.69, 9.17) is 0 Å². The second kappa shape index (κ2) is 7.09. The Balaban J connectivity index is 1.89. The number of rotatable bonds is 4. The number of nitrogens with one attached hydrogen (secondary N) is 1. The third-order valence-electron chi connectivity index (χ3n) is 3.93. The van der Waals surface area contributed by atoms with E-state index in [2.05, 4.69) is 15.4 Å². The summed E-state index contributed by atoms with van der Waals surface area (Å²) in [6.07, 6.45) is 3.33. The first-order valence-electron chi connectivity index (χ1n) is 7.93. The number of para-hydroxylation sites is 1. The zero-order valence-electron chi connectivity index (χ0n) is 14.0. The lowest BCUT2D eigenvalue weighted by atomic mass is 10.2. The minimum absolute atomic E-state index is 0.299. The van der Waals surface area contributed by atoms with Crippen LogP contribution in [0.4, 0.5) is 5.69 Å². The van der Waals surface area contributed by atoms with Gasteiger partial charge in [-0.25, -0.2) is 4.68 Å². The third-order valence-corrected chi connectivity index (χ3v) is 3.93. The zero-order chi connectivity index (χ0) is 17.8. The number of anilines is 1. The maximum Gasteiger partial charge on any atom is 0.267 e. The van der Waals surface area contributed by atoms with E-state index >= 15 is 0 Å². The van der Waals surface area contributed by atoms with Crippen molar-refractivity contribution in [3.63, 3.8) is 0 Å². The van der Waals surface area contributed by atoms with E-state index in [1.165, 1.54) is 10.7 Å². The molecule has 1 amide bonds. The Morgan fingerprint density at radius 2 is 1.92 bits per heavy atom. The maximum absolute atomic E-state index is 12.5. The van der Waals surface area contributed by atoms with Crippen LogP contribution in [0, 0.1) is 6.92 Å². The highest BCUT2D eigenvalue weighted by Crippen LogP contribution is 2.17. The van der Waals surface area contributed by atoms with Gasteiger partial charge in [0.05, 0.1) is 5.69 Å². The van der Waals surface area contributed by atoms with Gasteiger partial charge >= 0.3 is 0 Å². The van der Waals surface area contributed by atoms with Crippen molar-refractivity contribution in [3.8, 4) is 11.3 Å². The highest BCUT2D eigenvalue weighted by molar-refractivity contribution is 5.94. The highest BCUT2D eigenvalue weighted by Gasteiger charge is 2.18. The fraction of sp³-hybridized carbons (Fsp3) is 0.158. The normalized spacial score (nSPS) is 11.8. The molecule has 1 unspecified atom stereocenters. The fourth-order valence-electron chi connectivity index (χ4n) is 2.43. The van der Waals surface area contributed by atoms with Crippen LogP contribution >= 0.6 is 0 Å². The molecular weight excluding hydrogens is 316 g/mol. The van der Waals surface area contributed by atoms with Crippen LogP contribution in [0.15, 0.2) is 65.7 Å². The van der Waals surface area contributed by atoms with Crippen molar-refractivity contribution in [2.75, 3.05) is 5.32 Å². The summed E-state index contributed by atoms with van der Waals surface area (Å²) in [5.41, 5.74) is 2.70. The molecular formula is C19H18N4O2. The molecule has 1 atom stereocenters. The smallest absolute Gasteiger partial charge is 0.267 e. The average molecular weight is 334 g/mol. The number of pyridine rings is 1. The summed E-state index contributed by atoms with van der Waals surface area (Å²) in [5.74, 6) is -0.299. The Hall–Kier alpha value is -3.28. The van der Waals surface area contributed by atoms with E-state index in [1.54, 1.807) is 31.5 Å². The maximum atomic E-state index is 12.5. The van der Waals surface area contributed by atoms with Crippen LogP contribution in [0.25, 0.3) is 11.3 Å². The summed E-state index contributed by atoms with van der Waals surface area (Å²) in [6.45, 7) is 3.56. The van der Waals surface area contributed by atoms with E-state index in [-0.39, 0.29) is 11.5 Å². The molecule has 0 fully saturated rings.